The van der Waals surface area contributed by atoms with Gasteiger partial charge < -0.3 is 15.4 Å². The van der Waals surface area contributed by atoms with Crippen molar-refractivity contribution >= 4 is 34.0 Å². The van der Waals surface area contributed by atoms with Gasteiger partial charge in [-0.1, -0.05) is 0 Å². The smallest absolute Gasteiger partial charge is 0.387 e. The molecule has 0 unspecified atom stereocenters. The summed E-state index contributed by atoms with van der Waals surface area (Å²) >= 11 is 0.939. The number of amides is 2. The van der Waals surface area contributed by atoms with Gasteiger partial charge in [-0.15, -0.1) is 11.3 Å². The highest BCUT2D eigenvalue weighted by molar-refractivity contribution is 7.14. The summed E-state index contributed by atoms with van der Waals surface area (Å²) in [6, 6.07) is 1.54. The molecule has 0 saturated carbocycles. The van der Waals surface area contributed by atoms with Crippen LogP contribution in [0, 0.1) is 11.6 Å². The molecule has 0 fully saturated rings. The Kier molecular flexibility index (Phi) is 7.13. The van der Waals surface area contributed by atoms with Gasteiger partial charge in [0.15, 0.2) is 28.2 Å². The summed E-state index contributed by atoms with van der Waals surface area (Å²) in [7, 11) is 2.65. The number of hydrogen-bond donors (Lipinski definition) is 3. The number of halogens is 4. The van der Waals surface area contributed by atoms with Gasteiger partial charge in [0.1, 0.15) is 6.54 Å². The van der Waals surface area contributed by atoms with Gasteiger partial charge in [0.25, 0.3) is 5.91 Å². The lowest BCUT2D eigenvalue weighted by Gasteiger charge is -2.12. The molecule has 0 aliphatic carbocycles. The van der Waals surface area contributed by atoms with E-state index in [1.165, 1.54) is 18.6 Å². The first kappa shape index (κ1) is 23.9. The van der Waals surface area contributed by atoms with E-state index in [1.54, 1.807) is 0 Å². The number of rotatable bonds is 8. The molecule has 10 nitrogen and oxygen atoms in total. The van der Waals surface area contributed by atoms with Crippen LogP contribution >= 0.6 is 11.3 Å². The number of ether oxygens (including phenoxy) is 1. The number of thiazole rings is 1. The van der Waals surface area contributed by atoms with Crippen LogP contribution in [0.1, 0.15) is 10.5 Å². The van der Waals surface area contributed by atoms with E-state index >= 15 is 0 Å². The van der Waals surface area contributed by atoms with Gasteiger partial charge in [0.05, 0.1) is 17.6 Å². The predicted octanol–water partition coefficient (Wildman–Crippen LogP) is 3.03. The molecule has 0 aliphatic rings. The summed E-state index contributed by atoms with van der Waals surface area (Å²) in [6.45, 7) is -3.80. The summed E-state index contributed by atoms with van der Waals surface area (Å²) in [5, 5.41) is 20.3. The lowest BCUT2D eigenvalue weighted by molar-refractivity contribution is -0.117. The van der Waals surface area contributed by atoms with E-state index in [-0.39, 0.29) is 27.8 Å². The normalized spacial score (nSPS) is 10.9. The minimum absolute atomic E-state index is 0.0606. The van der Waals surface area contributed by atoms with Crippen molar-refractivity contribution < 1.29 is 37.1 Å². The van der Waals surface area contributed by atoms with E-state index in [0.717, 1.165) is 35.2 Å². The Hall–Kier alpha value is -3.72. The third kappa shape index (κ3) is 5.38. The molecule has 0 bridgehead atoms. The SMILES string of the molecule is CNc1cnn(CC(=O)Nc2nc(-c3cc(F)c(OC(F)F)c(F)c3)cs2)c1C(=O)N(C)O. The standard InChI is InChI=1S/C18H16F4N6O4S/c1-23-11-5-24-28(14(11)16(30)27(2)31)6-13(29)26-18-25-12(7-33-18)8-3-9(19)15(10(20)4-8)32-17(21)22/h3-5,7,17,23,31H,6H2,1-2H3,(H,25,26,29). The number of anilines is 2. The lowest BCUT2D eigenvalue weighted by Crippen LogP contribution is -2.29. The maximum Gasteiger partial charge on any atom is 0.387 e. The van der Waals surface area contributed by atoms with E-state index in [0.29, 0.717) is 5.06 Å². The van der Waals surface area contributed by atoms with Crippen molar-refractivity contribution in [1.29, 1.82) is 0 Å². The minimum atomic E-state index is -3.39. The molecule has 2 amide bonds. The molecule has 33 heavy (non-hydrogen) atoms. The van der Waals surface area contributed by atoms with Crippen LogP contribution < -0.4 is 15.4 Å². The minimum Gasteiger partial charge on any atom is -0.429 e. The number of alkyl halides is 2. The van der Waals surface area contributed by atoms with Gasteiger partial charge in [-0.3, -0.25) is 14.8 Å². The van der Waals surface area contributed by atoms with Gasteiger partial charge in [0, 0.05) is 25.0 Å². The zero-order chi connectivity index (χ0) is 24.3. The van der Waals surface area contributed by atoms with E-state index in [4.69, 9.17) is 0 Å². The van der Waals surface area contributed by atoms with Crippen LogP contribution in [0.3, 0.4) is 0 Å². The average molecular weight is 488 g/mol. The molecule has 3 N–H and O–H groups in total. The fourth-order valence-corrected chi connectivity index (χ4v) is 3.47. The second-order valence-corrected chi connectivity index (χ2v) is 7.23. The van der Waals surface area contributed by atoms with E-state index < -0.39 is 42.4 Å². The largest absolute Gasteiger partial charge is 0.429 e. The van der Waals surface area contributed by atoms with Crippen LogP contribution in [0.2, 0.25) is 0 Å². The molecule has 3 rings (SSSR count). The van der Waals surface area contributed by atoms with Crippen molar-refractivity contribution in [2.45, 2.75) is 13.2 Å². The molecule has 1 aromatic carbocycles. The fourth-order valence-electron chi connectivity index (χ4n) is 2.74. The van der Waals surface area contributed by atoms with Gasteiger partial charge in [-0.2, -0.15) is 13.9 Å². The van der Waals surface area contributed by atoms with Crippen LogP contribution in [0.5, 0.6) is 5.75 Å². The number of nitrogens with one attached hydrogen (secondary N) is 2. The van der Waals surface area contributed by atoms with Gasteiger partial charge in [0.2, 0.25) is 5.91 Å². The Labute approximate surface area is 187 Å². The lowest BCUT2D eigenvalue weighted by atomic mass is 10.1. The average Bonchev–Trinajstić information content (AvgIpc) is 3.36. The molecule has 0 saturated heterocycles. The molecular formula is C18H16F4N6O4S. The Morgan fingerprint density at radius 1 is 1.30 bits per heavy atom. The zero-order valence-electron chi connectivity index (χ0n) is 17.0. The second kappa shape index (κ2) is 9.83. The predicted molar refractivity (Wildman–Crippen MR) is 108 cm³/mol. The van der Waals surface area contributed by atoms with Crippen molar-refractivity contribution in [1.82, 2.24) is 19.8 Å². The highest BCUT2D eigenvalue weighted by Gasteiger charge is 2.23. The first-order valence-corrected chi connectivity index (χ1v) is 9.88. The molecule has 3 aromatic rings. The van der Waals surface area contributed by atoms with Crippen LogP contribution in [0.15, 0.2) is 23.7 Å². The maximum atomic E-state index is 14.0. The Bertz CT molecular complexity index is 1160. The number of nitrogens with zero attached hydrogens (tertiary/aromatic N) is 4. The molecule has 0 spiro atoms. The van der Waals surface area contributed by atoms with E-state index in [9.17, 15) is 32.4 Å². The molecule has 0 radical (unpaired) electrons. The summed E-state index contributed by atoms with van der Waals surface area (Å²) < 4.78 is 57.3. The highest BCUT2D eigenvalue weighted by atomic mass is 32.1. The van der Waals surface area contributed by atoms with Crippen LogP contribution in [0.25, 0.3) is 11.3 Å². The Morgan fingerprint density at radius 3 is 2.55 bits per heavy atom. The topological polar surface area (TPSA) is 122 Å². The highest BCUT2D eigenvalue weighted by Crippen LogP contribution is 2.31. The third-order valence-corrected chi connectivity index (χ3v) is 4.91. The van der Waals surface area contributed by atoms with Crippen molar-refractivity contribution in [3.05, 3.63) is 41.0 Å². The zero-order valence-corrected chi connectivity index (χ0v) is 17.8. The maximum absolute atomic E-state index is 14.0. The number of carbonyl (C=O) groups is 2. The number of hydroxylamine groups is 2. The van der Waals surface area contributed by atoms with Crippen molar-refractivity contribution in [2.75, 3.05) is 24.7 Å². The quantitative estimate of drug-likeness (QED) is 0.253. The number of aromatic nitrogens is 3. The molecule has 176 valence electrons. The first-order chi connectivity index (χ1) is 15.6. The van der Waals surface area contributed by atoms with Crippen LogP contribution in [0.4, 0.5) is 28.4 Å². The number of benzene rings is 1. The van der Waals surface area contributed by atoms with Crippen LogP contribution in [-0.4, -0.2) is 57.6 Å². The van der Waals surface area contributed by atoms with E-state index in [1.807, 2.05) is 0 Å². The number of carbonyl (C=O) groups excluding carboxylic acids is 2. The van der Waals surface area contributed by atoms with Gasteiger partial charge in [-0.05, 0) is 12.1 Å². The molecular weight excluding hydrogens is 472 g/mol. The third-order valence-electron chi connectivity index (χ3n) is 4.15. The molecule has 0 atom stereocenters. The molecule has 2 aromatic heterocycles. The van der Waals surface area contributed by atoms with Crippen molar-refractivity contribution in [2.24, 2.45) is 0 Å². The Morgan fingerprint density at radius 2 is 1.97 bits per heavy atom. The molecule has 0 aliphatic heterocycles. The first-order valence-electron chi connectivity index (χ1n) is 9.00. The van der Waals surface area contributed by atoms with Crippen molar-refractivity contribution in [3.63, 3.8) is 0 Å². The summed E-state index contributed by atoms with van der Waals surface area (Å²) in [5.41, 5.74) is 0.238. The monoisotopic (exact) mass is 488 g/mol. The summed E-state index contributed by atoms with van der Waals surface area (Å²) in [5.74, 6) is -5.32. The Balaban J connectivity index is 1.75. The summed E-state index contributed by atoms with van der Waals surface area (Å²) in [4.78, 5) is 28.6. The molecule has 15 heteroatoms. The van der Waals surface area contributed by atoms with E-state index in [2.05, 4.69) is 25.5 Å². The van der Waals surface area contributed by atoms with Gasteiger partial charge >= 0.3 is 6.61 Å². The van der Waals surface area contributed by atoms with Crippen LogP contribution in [-0.2, 0) is 11.3 Å². The second-order valence-electron chi connectivity index (χ2n) is 6.38. The molecule has 2 heterocycles. The number of hydrogen-bond acceptors (Lipinski definition) is 8. The van der Waals surface area contributed by atoms with Crippen molar-refractivity contribution in [3.8, 4) is 17.0 Å². The fraction of sp³-hybridized carbons (Fsp3) is 0.222. The van der Waals surface area contributed by atoms with Gasteiger partial charge in [-0.25, -0.2) is 23.5 Å². The summed E-state index contributed by atoms with van der Waals surface area (Å²) in [6.07, 6.45) is 1.30.